The summed E-state index contributed by atoms with van der Waals surface area (Å²) in [6.07, 6.45) is 0.134. The van der Waals surface area contributed by atoms with E-state index in [0.29, 0.717) is 35.2 Å². The van der Waals surface area contributed by atoms with Gasteiger partial charge >= 0.3 is 0 Å². The van der Waals surface area contributed by atoms with E-state index in [1.54, 1.807) is 61.4 Å². The molecule has 0 aromatic heterocycles. The minimum Gasteiger partial charge on any atom is -0.497 e. The highest BCUT2D eigenvalue weighted by Crippen LogP contribution is 2.36. The highest BCUT2D eigenvalue weighted by molar-refractivity contribution is 6.00. The Morgan fingerprint density at radius 2 is 1.82 bits per heavy atom. The van der Waals surface area contributed by atoms with Crippen LogP contribution < -0.4 is 24.4 Å². The maximum absolute atomic E-state index is 12.7. The van der Waals surface area contributed by atoms with E-state index < -0.39 is 6.10 Å². The number of hydrogen-bond acceptors (Lipinski definition) is 5. The number of rotatable bonds is 8. The topological polar surface area (TPSA) is 77.1 Å². The van der Waals surface area contributed by atoms with E-state index in [-0.39, 0.29) is 18.4 Å². The summed E-state index contributed by atoms with van der Waals surface area (Å²) in [6.45, 7) is 2.13. The number of anilines is 2. The molecule has 0 saturated carbocycles. The summed E-state index contributed by atoms with van der Waals surface area (Å²) in [5.41, 5.74) is 2.42. The van der Waals surface area contributed by atoms with Gasteiger partial charge < -0.3 is 24.4 Å². The van der Waals surface area contributed by atoms with Crippen LogP contribution in [0.15, 0.2) is 72.8 Å². The van der Waals surface area contributed by atoms with Crippen LogP contribution in [0.2, 0.25) is 0 Å². The minimum atomic E-state index is -0.601. The Morgan fingerprint density at radius 3 is 2.61 bits per heavy atom. The third-order valence-electron chi connectivity index (χ3n) is 5.33. The van der Waals surface area contributed by atoms with E-state index in [1.165, 1.54) is 0 Å². The number of methoxy groups -OCH3 is 1. The van der Waals surface area contributed by atoms with Gasteiger partial charge in [-0.15, -0.1) is 0 Å². The van der Waals surface area contributed by atoms with Crippen LogP contribution in [-0.4, -0.2) is 38.2 Å². The molecule has 1 aliphatic rings. The lowest BCUT2D eigenvalue weighted by atomic mass is 10.1. The van der Waals surface area contributed by atoms with E-state index in [4.69, 9.17) is 14.2 Å². The molecule has 1 atom stereocenters. The summed E-state index contributed by atoms with van der Waals surface area (Å²) < 4.78 is 16.5. The summed E-state index contributed by atoms with van der Waals surface area (Å²) in [5, 5.41) is 2.81. The average molecular weight is 447 g/mol. The molecule has 33 heavy (non-hydrogen) atoms. The van der Waals surface area contributed by atoms with Crippen molar-refractivity contribution in [3.63, 3.8) is 0 Å². The fourth-order valence-corrected chi connectivity index (χ4v) is 3.64. The Hall–Kier alpha value is -4.00. The lowest BCUT2D eigenvalue weighted by Crippen LogP contribution is -2.45. The van der Waals surface area contributed by atoms with E-state index in [1.807, 2.05) is 30.3 Å². The van der Waals surface area contributed by atoms with Gasteiger partial charge in [0.15, 0.2) is 12.7 Å². The van der Waals surface area contributed by atoms with Crippen LogP contribution in [0.25, 0.3) is 0 Å². The molecule has 7 nitrogen and oxygen atoms in total. The highest BCUT2D eigenvalue weighted by atomic mass is 16.5. The van der Waals surface area contributed by atoms with Crippen molar-refractivity contribution in [2.45, 2.75) is 19.4 Å². The molecule has 2 amide bonds. The summed E-state index contributed by atoms with van der Waals surface area (Å²) in [7, 11) is 1.57. The number of amides is 2. The molecule has 0 aliphatic carbocycles. The molecule has 1 aliphatic heterocycles. The van der Waals surface area contributed by atoms with Crippen LogP contribution in [-0.2, 0) is 16.0 Å². The molecule has 3 aromatic rings. The molecule has 3 aromatic carbocycles. The van der Waals surface area contributed by atoms with Crippen LogP contribution in [0.3, 0.4) is 0 Å². The van der Waals surface area contributed by atoms with Crippen molar-refractivity contribution in [3.05, 3.63) is 78.4 Å². The number of nitrogens with one attached hydrogen (secondary N) is 1. The van der Waals surface area contributed by atoms with E-state index in [2.05, 4.69) is 5.32 Å². The first kappa shape index (κ1) is 22.2. The van der Waals surface area contributed by atoms with Gasteiger partial charge in [-0.05, 0) is 43.2 Å². The zero-order chi connectivity index (χ0) is 23.2. The number of ether oxygens (including phenoxy) is 3. The van der Waals surface area contributed by atoms with Gasteiger partial charge in [0.1, 0.15) is 17.2 Å². The van der Waals surface area contributed by atoms with Crippen LogP contribution in [0, 0.1) is 0 Å². The zero-order valence-electron chi connectivity index (χ0n) is 18.6. The summed E-state index contributed by atoms with van der Waals surface area (Å²) >= 11 is 0. The standard InChI is InChI=1S/C26H26N2O5/c1-18-26(30)28(14-13-19-7-4-3-5-8-19)23-12-11-20(15-24(23)33-18)27-25(29)17-32-22-10-6-9-21(16-22)31-2/h3-12,15-16,18H,13-14,17H2,1-2H3,(H,27,29). The smallest absolute Gasteiger partial charge is 0.267 e. The Labute approximate surface area is 192 Å². The Balaban J connectivity index is 1.41. The van der Waals surface area contributed by atoms with Crippen molar-refractivity contribution < 1.29 is 23.8 Å². The Kier molecular flexibility index (Phi) is 6.78. The van der Waals surface area contributed by atoms with Crippen LogP contribution in [0.5, 0.6) is 17.2 Å². The molecule has 7 heteroatoms. The number of hydrogen-bond donors (Lipinski definition) is 1. The minimum absolute atomic E-state index is 0.0816. The molecular weight excluding hydrogens is 420 g/mol. The first-order chi connectivity index (χ1) is 16.0. The fourth-order valence-electron chi connectivity index (χ4n) is 3.64. The zero-order valence-corrected chi connectivity index (χ0v) is 18.6. The molecule has 170 valence electrons. The van der Waals surface area contributed by atoms with Crippen molar-refractivity contribution in [3.8, 4) is 17.2 Å². The molecule has 0 radical (unpaired) electrons. The molecule has 1 unspecified atom stereocenters. The van der Waals surface area contributed by atoms with Crippen LogP contribution in [0.1, 0.15) is 12.5 Å². The highest BCUT2D eigenvalue weighted by Gasteiger charge is 2.31. The second-order valence-corrected chi connectivity index (χ2v) is 7.68. The summed E-state index contributed by atoms with van der Waals surface area (Å²) in [4.78, 5) is 26.9. The van der Waals surface area contributed by atoms with Crippen molar-refractivity contribution >= 4 is 23.2 Å². The van der Waals surface area contributed by atoms with E-state index >= 15 is 0 Å². The summed E-state index contributed by atoms with van der Waals surface area (Å²) in [6, 6.07) is 22.4. The second kappa shape index (κ2) is 10.1. The normalized spacial score (nSPS) is 14.8. The predicted octanol–water partition coefficient (Wildman–Crippen LogP) is 4.07. The van der Waals surface area contributed by atoms with Gasteiger partial charge in [-0.1, -0.05) is 36.4 Å². The number of benzene rings is 3. The molecule has 1 heterocycles. The van der Waals surface area contributed by atoms with Gasteiger partial charge in [-0.3, -0.25) is 9.59 Å². The first-order valence-corrected chi connectivity index (χ1v) is 10.8. The van der Waals surface area contributed by atoms with Gasteiger partial charge in [-0.2, -0.15) is 0 Å². The van der Waals surface area contributed by atoms with E-state index in [9.17, 15) is 9.59 Å². The monoisotopic (exact) mass is 446 g/mol. The van der Waals surface area contributed by atoms with Gasteiger partial charge in [0, 0.05) is 24.4 Å². The van der Waals surface area contributed by atoms with Gasteiger partial charge in [0.25, 0.3) is 11.8 Å². The molecule has 0 spiro atoms. The maximum atomic E-state index is 12.7. The maximum Gasteiger partial charge on any atom is 0.267 e. The number of carbonyl (C=O) groups excluding carboxylic acids is 2. The van der Waals surface area contributed by atoms with Crippen LogP contribution in [0.4, 0.5) is 11.4 Å². The molecule has 4 rings (SSSR count). The Bertz CT molecular complexity index is 1130. The SMILES string of the molecule is COc1cccc(OCC(=O)Nc2ccc3c(c2)OC(C)C(=O)N3CCc2ccccc2)c1. The van der Waals surface area contributed by atoms with Crippen molar-refractivity contribution in [2.24, 2.45) is 0 Å². The second-order valence-electron chi connectivity index (χ2n) is 7.68. The van der Waals surface area contributed by atoms with Crippen LogP contribution >= 0.6 is 0 Å². The van der Waals surface area contributed by atoms with Crippen molar-refractivity contribution in [2.75, 3.05) is 30.5 Å². The first-order valence-electron chi connectivity index (χ1n) is 10.8. The average Bonchev–Trinajstić information content (AvgIpc) is 2.84. The molecule has 0 fully saturated rings. The quantitative estimate of drug-likeness (QED) is 0.565. The van der Waals surface area contributed by atoms with Gasteiger partial charge in [-0.25, -0.2) is 0 Å². The molecule has 1 N–H and O–H groups in total. The largest absolute Gasteiger partial charge is 0.497 e. The Morgan fingerprint density at radius 1 is 1.03 bits per heavy atom. The fraction of sp³-hybridized carbons (Fsp3) is 0.231. The molecular formula is C26H26N2O5. The number of fused-ring (bicyclic) bond motifs is 1. The predicted molar refractivity (Wildman–Crippen MR) is 126 cm³/mol. The molecule has 0 bridgehead atoms. The third kappa shape index (κ3) is 5.44. The summed E-state index contributed by atoms with van der Waals surface area (Å²) in [5.74, 6) is 1.36. The van der Waals surface area contributed by atoms with Crippen molar-refractivity contribution in [1.29, 1.82) is 0 Å². The lowest BCUT2D eigenvalue weighted by molar-refractivity contribution is -0.125. The van der Waals surface area contributed by atoms with E-state index in [0.717, 1.165) is 12.0 Å². The van der Waals surface area contributed by atoms with Gasteiger partial charge in [0.2, 0.25) is 0 Å². The number of carbonyl (C=O) groups is 2. The number of nitrogens with zero attached hydrogens (tertiary/aromatic N) is 1. The third-order valence-corrected chi connectivity index (χ3v) is 5.33. The van der Waals surface area contributed by atoms with Crippen molar-refractivity contribution in [1.82, 2.24) is 0 Å². The van der Waals surface area contributed by atoms with Gasteiger partial charge in [0.05, 0.1) is 12.8 Å². The molecule has 0 saturated heterocycles. The lowest BCUT2D eigenvalue weighted by Gasteiger charge is -2.33.